The number of methoxy groups -OCH3 is 2. The molecule has 5 rings (SSSR count). The van der Waals surface area contributed by atoms with Crippen LogP contribution >= 0.6 is 0 Å². The Bertz CT molecular complexity index is 2960. The van der Waals surface area contributed by atoms with E-state index in [4.69, 9.17) is 47.4 Å². The number of carbonyl (C=O) groups is 6. The van der Waals surface area contributed by atoms with Gasteiger partial charge in [0.05, 0.1) is 14.2 Å². The molecule has 0 unspecified atom stereocenters. The second-order valence-corrected chi connectivity index (χ2v) is 25.6. The van der Waals surface area contributed by atoms with Crippen LogP contribution in [0.5, 0.6) is 23.0 Å². The fraction of sp³-hybridized carbons (Fsp3) is 0.537. The first-order chi connectivity index (χ1) is 47.5. The number of fused-ring (bicyclic) bond motifs is 8. The average Bonchev–Trinajstić information content (AvgIpc) is 0.794. The molecule has 16 nitrogen and oxygen atoms in total. The molecule has 536 valence electrons. The smallest absolute Gasteiger partial charge is 0.333 e. The van der Waals surface area contributed by atoms with E-state index < -0.39 is 35.8 Å². The van der Waals surface area contributed by atoms with E-state index in [1.807, 2.05) is 0 Å². The van der Waals surface area contributed by atoms with Crippen molar-refractivity contribution >= 4 is 35.8 Å². The lowest BCUT2D eigenvalue weighted by molar-refractivity contribution is -0.140. The van der Waals surface area contributed by atoms with Gasteiger partial charge in [0.2, 0.25) is 0 Å². The lowest BCUT2D eigenvalue weighted by Gasteiger charge is -2.25. The maximum Gasteiger partial charge on any atom is 0.333 e. The fourth-order valence-electron chi connectivity index (χ4n) is 12.1. The zero-order chi connectivity index (χ0) is 70.9. The SMILES string of the molecule is C=C(C)C(=O)OCCOc1c2cc(CCCCCCC)cc1Cc1cc(CCCCCCC)cc(c1OCCOC(=O)/C=C\C(=O)OC)Cc1cc(CCCCCCC)cc(c1OCCOC(=O)C(=C)C)Cc1cc(CCCCCCC)cc(c1OCCOC(=O)/C=C\C(=O)OC)C2. The number of unbranched alkanes of at least 4 members (excludes halogenated alkanes) is 16. The van der Waals surface area contributed by atoms with Crippen LogP contribution in [0.3, 0.4) is 0 Å². The largest absolute Gasteiger partial charge is 0.489 e. The molecule has 0 heterocycles. The molecule has 0 atom stereocenters. The molecule has 0 aliphatic heterocycles. The van der Waals surface area contributed by atoms with Gasteiger partial charge in [-0.25, -0.2) is 28.8 Å². The molecule has 0 N–H and O–H groups in total. The maximum absolute atomic E-state index is 13.0. The van der Waals surface area contributed by atoms with Crippen molar-refractivity contribution in [2.45, 2.75) is 221 Å². The Balaban J connectivity index is 1.94. The molecule has 4 aromatic rings. The minimum absolute atomic E-state index is 0.0308. The summed E-state index contributed by atoms with van der Waals surface area (Å²) in [6.45, 7) is 19.4. The highest BCUT2D eigenvalue weighted by atomic mass is 16.6. The first-order valence-corrected chi connectivity index (χ1v) is 36.1. The normalized spacial score (nSPS) is 11.8. The van der Waals surface area contributed by atoms with Crippen LogP contribution in [0.1, 0.15) is 237 Å². The highest BCUT2D eigenvalue weighted by Crippen LogP contribution is 2.42. The van der Waals surface area contributed by atoms with Crippen molar-refractivity contribution in [3.63, 3.8) is 0 Å². The third-order valence-electron chi connectivity index (χ3n) is 17.1. The van der Waals surface area contributed by atoms with Crippen molar-refractivity contribution in [2.75, 3.05) is 67.1 Å². The first kappa shape index (κ1) is 80.5. The predicted octanol–water partition coefficient (Wildman–Crippen LogP) is 16.7. The van der Waals surface area contributed by atoms with Crippen molar-refractivity contribution in [1.82, 2.24) is 0 Å². The summed E-state index contributed by atoms with van der Waals surface area (Å²) < 4.78 is 60.3. The number of hydrogen-bond acceptors (Lipinski definition) is 16. The molecule has 0 radical (unpaired) electrons. The van der Waals surface area contributed by atoms with Gasteiger partial charge in [0, 0.05) is 61.1 Å². The van der Waals surface area contributed by atoms with E-state index >= 15 is 0 Å². The van der Waals surface area contributed by atoms with Gasteiger partial charge in [-0.1, -0.05) is 192 Å². The van der Waals surface area contributed by atoms with Crippen molar-refractivity contribution in [3.05, 3.63) is 164 Å². The molecule has 0 fully saturated rings. The second-order valence-electron chi connectivity index (χ2n) is 25.6. The Kier molecular flexibility index (Phi) is 38.0. The van der Waals surface area contributed by atoms with Crippen molar-refractivity contribution in [1.29, 1.82) is 0 Å². The minimum atomic E-state index is -0.727. The summed E-state index contributed by atoms with van der Waals surface area (Å²) in [6.07, 6.45) is 30.3. The summed E-state index contributed by atoms with van der Waals surface area (Å²) in [5.74, 6) is -1.39. The lowest BCUT2D eigenvalue weighted by Crippen LogP contribution is -2.16. The van der Waals surface area contributed by atoms with Crippen LogP contribution in [-0.4, -0.2) is 103 Å². The van der Waals surface area contributed by atoms with Gasteiger partial charge in [-0.15, -0.1) is 0 Å². The van der Waals surface area contributed by atoms with Crippen LogP contribution in [0.4, 0.5) is 0 Å². The van der Waals surface area contributed by atoms with Gasteiger partial charge in [0.1, 0.15) is 75.9 Å². The molecule has 0 amide bonds. The average molecular weight is 1350 g/mol. The molecule has 4 aromatic carbocycles. The lowest BCUT2D eigenvalue weighted by atomic mass is 9.87. The van der Waals surface area contributed by atoms with Gasteiger partial charge < -0.3 is 47.4 Å². The van der Waals surface area contributed by atoms with E-state index in [-0.39, 0.29) is 64.0 Å². The molecule has 1 aliphatic rings. The topological polar surface area (TPSA) is 195 Å². The quantitative estimate of drug-likeness (QED) is 0.0154. The van der Waals surface area contributed by atoms with Crippen molar-refractivity contribution in [3.8, 4) is 23.0 Å². The molecule has 0 spiro atoms. The summed E-state index contributed by atoms with van der Waals surface area (Å²) in [7, 11) is 2.47. The molecule has 0 saturated heterocycles. The van der Waals surface area contributed by atoms with Crippen LogP contribution in [0.25, 0.3) is 0 Å². The maximum atomic E-state index is 13.0. The highest BCUT2D eigenvalue weighted by molar-refractivity contribution is 5.92. The number of rotatable bonds is 46. The molecular weight excluding hydrogens is 1240 g/mol. The van der Waals surface area contributed by atoms with E-state index in [1.165, 1.54) is 14.2 Å². The van der Waals surface area contributed by atoms with Gasteiger partial charge >= 0.3 is 35.8 Å². The van der Waals surface area contributed by atoms with E-state index in [0.29, 0.717) is 48.7 Å². The molecule has 1 aliphatic carbocycles. The summed E-state index contributed by atoms with van der Waals surface area (Å²) in [6, 6.07) is 18.0. The molecule has 0 aromatic heterocycles. The molecule has 98 heavy (non-hydrogen) atoms. The Morgan fingerprint density at radius 1 is 0.316 bits per heavy atom. The number of aryl methyl sites for hydroxylation is 4. The number of esters is 6. The fourth-order valence-corrected chi connectivity index (χ4v) is 12.1. The summed E-state index contributed by atoms with van der Waals surface area (Å²) >= 11 is 0. The zero-order valence-corrected chi connectivity index (χ0v) is 60.3. The van der Waals surface area contributed by atoms with E-state index in [9.17, 15) is 28.8 Å². The summed E-state index contributed by atoms with van der Waals surface area (Å²) in [4.78, 5) is 75.8. The van der Waals surface area contributed by atoms with Crippen molar-refractivity contribution in [2.24, 2.45) is 0 Å². The van der Waals surface area contributed by atoms with E-state index in [2.05, 4.69) is 89.4 Å². The zero-order valence-electron chi connectivity index (χ0n) is 60.3. The monoisotopic (exact) mass is 1350 g/mol. The van der Waals surface area contributed by atoms with E-state index in [1.54, 1.807) is 13.8 Å². The van der Waals surface area contributed by atoms with Gasteiger partial charge in [-0.2, -0.15) is 0 Å². The predicted molar refractivity (Wildman–Crippen MR) is 385 cm³/mol. The van der Waals surface area contributed by atoms with Gasteiger partial charge in [-0.05, 0) is 132 Å². The van der Waals surface area contributed by atoms with Crippen LogP contribution in [0.15, 0.2) is 97.1 Å². The van der Waals surface area contributed by atoms with Crippen molar-refractivity contribution < 1.29 is 76.1 Å². The summed E-state index contributed by atoms with van der Waals surface area (Å²) in [5, 5.41) is 0. The van der Waals surface area contributed by atoms with Crippen LogP contribution in [0, 0.1) is 0 Å². The molecule has 0 saturated carbocycles. The second kappa shape index (κ2) is 46.2. The first-order valence-electron chi connectivity index (χ1n) is 36.1. The van der Waals surface area contributed by atoms with Crippen LogP contribution in [0.2, 0.25) is 0 Å². The number of benzene rings is 4. The standard InChI is InChI=1S/C82H112O16/c1-11-15-19-23-27-31-61-47-65-55-69-51-63(33-29-25-21-17-13-3)53-71(79(69)95-43-45-97-81(87)59(5)6)57-67-49-62(32-28-24-20-16-12-2)50-68(78(67)94-42-40-92-76(86)38-36-74(84)90-10)58-72-54-64(34-30-26-22-18-14-4)52-70(80(72)96-44-46-98-82(88)60(7)8)56-66(48-61)77(65)93-41-39-91-75(85)37-35-73(83)89-9/h35-38,47-54H,5,7,11-34,39-46,55-58H2,1-4,6,8-10H3/b37-35-,38-36-. The molecular formula is C82H112O16. The third kappa shape index (κ3) is 29.5. The summed E-state index contributed by atoms with van der Waals surface area (Å²) in [5.41, 5.74) is 12.2. The van der Waals surface area contributed by atoms with Crippen LogP contribution < -0.4 is 18.9 Å². The highest BCUT2D eigenvalue weighted by Gasteiger charge is 2.26. The Morgan fingerprint density at radius 2 is 0.531 bits per heavy atom. The number of carbonyl (C=O) groups excluding carboxylic acids is 6. The molecule has 8 bridgehead atoms. The Hall–Kier alpha value is -8.14. The van der Waals surface area contributed by atoms with Gasteiger partial charge in [0.25, 0.3) is 0 Å². The number of hydrogen-bond donors (Lipinski definition) is 0. The van der Waals surface area contributed by atoms with Gasteiger partial charge in [0.15, 0.2) is 0 Å². The Labute approximate surface area is 584 Å². The Morgan fingerprint density at radius 3 is 0.745 bits per heavy atom. The van der Waals surface area contributed by atoms with Gasteiger partial charge in [-0.3, -0.25) is 0 Å². The number of ether oxygens (including phenoxy) is 10. The van der Waals surface area contributed by atoms with Crippen LogP contribution in [-0.2, 0) is 109 Å². The molecule has 16 heteroatoms. The van der Waals surface area contributed by atoms with E-state index in [0.717, 1.165) is 245 Å². The minimum Gasteiger partial charge on any atom is -0.489 e. The third-order valence-corrected chi connectivity index (χ3v) is 17.1.